The van der Waals surface area contributed by atoms with Crippen LogP contribution in [0.3, 0.4) is 0 Å². The van der Waals surface area contributed by atoms with E-state index < -0.39 is 5.60 Å². The molecule has 2 saturated carbocycles. The van der Waals surface area contributed by atoms with Crippen LogP contribution in [0.15, 0.2) is 11.6 Å². The Morgan fingerprint density at radius 2 is 2.04 bits per heavy atom. The predicted molar refractivity (Wildman–Crippen MR) is 91.2 cm³/mol. The highest BCUT2D eigenvalue weighted by molar-refractivity contribution is 5.90. The molecule has 2 fully saturated rings. The van der Waals surface area contributed by atoms with E-state index in [-0.39, 0.29) is 28.5 Å². The molecule has 3 aliphatic rings. The summed E-state index contributed by atoms with van der Waals surface area (Å²) in [7, 11) is 0. The van der Waals surface area contributed by atoms with E-state index in [9.17, 15) is 14.7 Å². The second kappa shape index (κ2) is 5.69. The van der Waals surface area contributed by atoms with E-state index in [1.807, 2.05) is 0 Å². The minimum Gasteiger partial charge on any atom is -0.458 e. The molecule has 0 unspecified atom stereocenters. The molecule has 4 nitrogen and oxygen atoms in total. The predicted octanol–water partition coefficient (Wildman–Crippen LogP) is 3.42. The summed E-state index contributed by atoms with van der Waals surface area (Å²) in [5.41, 5.74) is -0.525. The summed E-state index contributed by atoms with van der Waals surface area (Å²) >= 11 is 0. The number of carbonyl (C=O) groups is 2. The zero-order chi connectivity index (χ0) is 17.8. The van der Waals surface area contributed by atoms with Crippen molar-refractivity contribution in [1.29, 1.82) is 0 Å². The third-order valence-electron chi connectivity index (χ3n) is 7.34. The lowest BCUT2D eigenvalue weighted by Gasteiger charge is -2.53. The highest BCUT2D eigenvalue weighted by atomic mass is 16.5. The van der Waals surface area contributed by atoms with Gasteiger partial charge in [0.15, 0.2) is 0 Å². The Balaban J connectivity index is 1.92. The van der Waals surface area contributed by atoms with Crippen LogP contribution in [0, 0.1) is 22.7 Å². The maximum Gasteiger partial charge on any atom is 0.334 e. The summed E-state index contributed by atoms with van der Waals surface area (Å²) in [5, 5.41) is 11.8. The van der Waals surface area contributed by atoms with Gasteiger partial charge >= 0.3 is 5.97 Å². The van der Waals surface area contributed by atoms with Crippen molar-refractivity contribution in [3.8, 4) is 0 Å². The number of ether oxygens (including phenoxy) is 1. The number of carbonyl (C=O) groups excluding carboxylic acids is 2. The van der Waals surface area contributed by atoms with Crippen LogP contribution in [-0.2, 0) is 14.3 Å². The molecule has 0 bridgehead atoms. The number of cyclic esters (lactones) is 1. The molecular weight excluding hydrogens is 304 g/mol. The van der Waals surface area contributed by atoms with Crippen LogP contribution in [0.25, 0.3) is 0 Å². The van der Waals surface area contributed by atoms with Crippen LogP contribution in [-0.4, -0.2) is 29.1 Å². The van der Waals surface area contributed by atoms with Gasteiger partial charge in [-0.15, -0.1) is 0 Å². The molecule has 0 radical (unpaired) electrons. The third-order valence-corrected chi connectivity index (χ3v) is 7.34. The maximum atomic E-state index is 12.4. The fourth-order valence-corrected chi connectivity index (χ4v) is 5.93. The first kappa shape index (κ1) is 17.7. The van der Waals surface area contributed by atoms with E-state index in [1.54, 1.807) is 13.0 Å². The second-order valence-corrected chi connectivity index (χ2v) is 8.96. The number of hydrogen-bond acceptors (Lipinski definition) is 4. The molecule has 24 heavy (non-hydrogen) atoms. The summed E-state index contributed by atoms with van der Waals surface area (Å²) in [5.74, 6) is -0.196. The Labute approximate surface area is 144 Å². The minimum absolute atomic E-state index is 0.0758. The van der Waals surface area contributed by atoms with E-state index >= 15 is 0 Å². The third kappa shape index (κ3) is 2.45. The first-order valence-corrected chi connectivity index (χ1v) is 9.21. The first-order valence-electron chi connectivity index (χ1n) is 9.21. The Morgan fingerprint density at radius 1 is 1.33 bits per heavy atom. The second-order valence-electron chi connectivity index (χ2n) is 8.96. The van der Waals surface area contributed by atoms with Gasteiger partial charge in [0, 0.05) is 16.9 Å². The molecule has 134 valence electrons. The number of Topliss-reactive ketones (excluding diaryl/α,β-unsaturated/α-hetero) is 1. The van der Waals surface area contributed by atoms with Gasteiger partial charge in [-0.05, 0) is 56.4 Å². The van der Waals surface area contributed by atoms with Crippen LogP contribution in [0.5, 0.6) is 0 Å². The Kier molecular flexibility index (Phi) is 4.18. The molecule has 0 aromatic rings. The van der Waals surface area contributed by atoms with Crippen LogP contribution >= 0.6 is 0 Å². The van der Waals surface area contributed by atoms with Gasteiger partial charge in [-0.2, -0.15) is 0 Å². The highest BCUT2D eigenvalue weighted by Crippen LogP contribution is 2.66. The Morgan fingerprint density at radius 3 is 2.62 bits per heavy atom. The molecule has 1 aliphatic heterocycles. The lowest BCUT2D eigenvalue weighted by Crippen LogP contribution is -2.53. The van der Waals surface area contributed by atoms with E-state index in [1.165, 1.54) is 0 Å². The fourth-order valence-electron chi connectivity index (χ4n) is 5.93. The van der Waals surface area contributed by atoms with Gasteiger partial charge in [0.25, 0.3) is 0 Å². The zero-order valence-electron chi connectivity index (χ0n) is 15.4. The largest absolute Gasteiger partial charge is 0.458 e. The summed E-state index contributed by atoms with van der Waals surface area (Å²) in [6.45, 7) is 8.65. The Hall–Kier alpha value is -1.16. The highest BCUT2D eigenvalue weighted by Gasteiger charge is 2.66. The molecule has 0 spiro atoms. The van der Waals surface area contributed by atoms with E-state index in [0.717, 1.165) is 25.7 Å². The molecule has 1 heterocycles. The van der Waals surface area contributed by atoms with Crippen molar-refractivity contribution < 1.29 is 19.4 Å². The normalized spacial score (nSPS) is 40.9. The maximum absolute atomic E-state index is 12.4. The van der Waals surface area contributed by atoms with Crippen LogP contribution in [0.4, 0.5) is 0 Å². The number of rotatable bonds is 4. The smallest absolute Gasteiger partial charge is 0.334 e. The molecule has 0 amide bonds. The summed E-state index contributed by atoms with van der Waals surface area (Å²) in [4.78, 5) is 24.1. The molecule has 0 aromatic heterocycles. The lowest BCUT2D eigenvalue weighted by molar-refractivity contribution is -0.148. The van der Waals surface area contributed by atoms with Gasteiger partial charge in [-0.1, -0.05) is 27.2 Å². The number of hydrogen-bond donors (Lipinski definition) is 1. The van der Waals surface area contributed by atoms with E-state index in [2.05, 4.69) is 20.8 Å². The van der Waals surface area contributed by atoms with Crippen molar-refractivity contribution in [2.45, 2.75) is 71.8 Å². The van der Waals surface area contributed by atoms with Crippen LogP contribution < -0.4 is 0 Å². The molecule has 0 saturated heterocycles. The summed E-state index contributed by atoms with van der Waals surface area (Å²) < 4.78 is 4.97. The summed E-state index contributed by atoms with van der Waals surface area (Å²) in [6.07, 6.45) is 6.68. The molecule has 1 N–H and O–H groups in total. The average Bonchev–Trinajstić information content (AvgIpc) is 2.98. The SMILES string of the molecule is CC(=O)[C@@H]1C[C@H]2C(C)(C)CCC[C@]2(C)[C@@]1(O)CCC1=CCOC1=O. The number of ketones is 1. The zero-order valence-corrected chi connectivity index (χ0v) is 15.4. The van der Waals surface area contributed by atoms with Gasteiger partial charge < -0.3 is 9.84 Å². The minimum atomic E-state index is -1.04. The monoisotopic (exact) mass is 334 g/mol. The van der Waals surface area contributed by atoms with Crippen molar-refractivity contribution >= 4 is 11.8 Å². The van der Waals surface area contributed by atoms with Gasteiger partial charge in [-0.3, -0.25) is 4.79 Å². The van der Waals surface area contributed by atoms with E-state index in [0.29, 0.717) is 30.9 Å². The molecule has 0 aromatic carbocycles. The first-order chi connectivity index (χ1) is 11.1. The van der Waals surface area contributed by atoms with Crippen molar-refractivity contribution in [2.24, 2.45) is 22.7 Å². The van der Waals surface area contributed by atoms with Crippen molar-refractivity contribution in [2.75, 3.05) is 6.61 Å². The van der Waals surface area contributed by atoms with Gasteiger partial charge in [0.2, 0.25) is 0 Å². The standard InChI is InChI=1S/C20H30O4/c1-13(21)15-12-16-18(2,3)8-5-9-19(16,4)20(15,23)10-6-14-7-11-24-17(14)22/h7,15-16,23H,5-6,8-12H2,1-4H3/t15-,16-,19-,20+/m0/s1. The van der Waals surface area contributed by atoms with Crippen molar-refractivity contribution in [3.05, 3.63) is 11.6 Å². The van der Waals surface area contributed by atoms with Crippen molar-refractivity contribution in [3.63, 3.8) is 0 Å². The van der Waals surface area contributed by atoms with Crippen LogP contribution in [0.2, 0.25) is 0 Å². The van der Waals surface area contributed by atoms with E-state index in [4.69, 9.17) is 4.74 Å². The topological polar surface area (TPSA) is 63.6 Å². The van der Waals surface area contributed by atoms with Crippen molar-refractivity contribution in [1.82, 2.24) is 0 Å². The Bertz CT molecular complexity index is 590. The molecule has 2 aliphatic carbocycles. The summed E-state index contributed by atoms with van der Waals surface area (Å²) in [6, 6.07) is 0. The molecular formula is C20H30O4. The molecule has 4 atom stereocenters. The van der Waals surface area contributed by atoms with Gasteiger partial charge in [0.1, 0.15) is 12.4 Å². The van der Waals surface area contributed by atoms with Gasteiger partial charge in [0.05, 0.1) is 5.60 Å². The molecule has 4 heteroatoms. The quantitative estimate of drug-likeness (QED) is 0.800. The average molecular weight is 334 g/mol. The number of fused-ring (bicyclic) bond motifs is 1. The number of esters is 1. The van der Waals surface area contributed by atoms with Gasteiger partial charge in [-0.25, -0.2) is 4.79 Å². The fraction of sp³-hybridized carbons (Fsp3) is 0.800. The van der Waals surface area contributed by atoms with Crippen LogP contribution in [0.1, 0.15) is 66.2 Å². The number of aliphatic hydroxyl groups is 1. The lowest BCUT2D eigenvalue weighted by atomic mass is 9.54. The molecule has 3 rings (SSSR count).